The van der Waals surface area contributed by atoms with E-state index in [1.54, 1.807) is 48.5 Å². The molecule has 0 aliphatic heterocycles. The molecule has 0 saturated heterocycles. The number of nitrogens with one attached hydrogen (secondary N) is 3. The van der Waals surface area contributed by atoms with Crippen LogP contribution in [0.5, 0.6) is 5.75 Å². The zero-order valence-electron chi connectivity index (χ0n) is 30.9. The number of rotatable bonds is 15. The molecule has 3 amide bonds. The lowest BCUT2D eigenvalue weighted by molar-refractivity contribution is -0.192. The van der Waals surface area contributed by atoms with E-state index in [1.807, 2.05) is 13.8 Å². The Morgan fingerprint density at radius 1 is 0.696 bits per heavy atom. The number of nitrogens with two attached hydrogens (primary N) is 1. The molecule has 306 valence electrons. The van der Waals surface area contributed by atoms with Crippen LogP contribution in [-0.4, -0.2) is 66.1 Å². The molecule has 3 rings (SSSR count). The lowest BCUT2D eigenvalue weighted by atomic mass is 9.87. The second-order valence-electron chi connectivity index (χ2n) is 13.2. The van der Waals surface area contributed by atoms with Gasteiger partial charge >= 0.3 is 18.3 Å². The van der Waals surface area contributed by atoms with Crippen molar-refractivity contribution < 1.29 is 60.2 Å². The van der Waals surface area contributed by atoms with Gasteiger partial charge < -0.3 is 31.5 Å². The van der Waals surface area contributed by atoms with Gasteiger partial charge in [-0.3, -0.25) is 19.2 Å². The summed E-state index contributed by atoms with van der Waals surface area (Å²) in [5, 5.41) is 15.3. The number of aliphatic carboxylic acids is 1. The summed E-state index contributed by atoms with van der Waals surface area (Å²) in [5.41, 5.74) is 8.13. The van der Waals surface area contributed by atoms with Gasteiger partial charge in [0.15, 0.2) is 0 Å². The molecule has 0 fully saturated rings. The molecule has 6 N–H and O–H groups in total. The van der Waals surface area contributed by atoms with Gasteiger partial charge in [0, 0.05) is 18.0 Å². The SMILES string of the molecule is COc1ccc([C@H](NC(=O)[C@H](Cc2ccc(CN)cc2)NC(=O)[C@H](c2ccc(Cl)cc2)C(C)C)C(=O)N[C@H](C(=O)C(F)(F)F)C(C)C)cc1.O=C(O)C(F)(F)F. The third kappa shape index (κ3) is 14.2. The maximum Gasteiger partial charge on any atom is 0.490 e. The van der Waals surface area contributed by atoms with Crippen LogP contribution in [0, 0.1) is 11.8 Å². The first-order chi connectivity index (χ1) is 26.0. The van der Waals surface area contributed by atoms with Crippen LogP contribution in [0.25, 0.3) is 0 Å². The largest absolute Gasteiger partial charge is 0.497 e. The Hall–Kier alpha value is -5.16. The van der Waals surface area contributed by atoms with E-state index in [-0.39, 0.29) is 17.9 Å². The van der Waals surface area contributed by atoms with Crippen LogP contribution >= 0.6 is 11.6 Å². The predicted molar refractivity (Wildman–Crippen MR) is 194 cm³/mol. The van der Waals surface area contributed by atoms with Crippen molar-refractivity contribution in [3.05, 3.63) is 100 Å². The number of hydrogen-bond acceptors (Lipinski definition) is 7. The van der Waals surface area contributed by atoms with Crippen molar-refractivity contribution in [3.8, 4) is 5.75 Å². The number of carboxylic acid groups (broad SMARTS) is 1. The summed E-state index contributed by atoms with van der Waals surface area (Å²) in [6, 6.07) is 15.2. The third-order valence-corrected chi connectivity index (χ3v) is 8.53. The molecule has 3 aromatic carbocycles. The average molecular weight is 817 g/mol. The minimum atomic E-state index is -5.20. The Morgan fingerprint density at radius 2 is 1.20 bits per heavy atom. The molecule has 11 nitrogen and oxygen atoms in total. The van der Waals surface area contributed by atoms with Crippen molar-refractivity contribution >= 4 is 41.1 Å². The normalized spacial score (nSPS) is 13.7. The fourth-order valence-corrected chi connectivity index (χ4v) is 5.44. The summed E-state index contributed by atoms with van der Waals surface area (Å²) >= 11 is 6.07. The summed E-state index contributed by atoms with van der Waals surface area (Å²) in [6.45, 7) is 6.74. The lowest BCUT2D eigenvalue weighted by Gasteiger charge is -2.28. The van der Waals surface area contributed by atoms with Gasteiger partial charge in [-0.25, -0.2) is 4.79 Å². The molecule has 0 heterocycles. The van der Waals surface area contributed by atoms with Gasteiger partial charge in [-0.2, -0.15) is 26.3 Å². The number of carboxylic acids is 1. The second kappa shape index (κ2) is 20.7. The molecule has 0 aliphatic rings. The number of carbonyl (C=O) groups is 5. The number of hydrogen-bond donors (Lipinski definition) is 5. The van der Waals surface area contributed by atoms with Crippen LogP contribution in [0.15, 0.2) is 72.8 Å². The molecule has 0 aliphatic carbocycles. The number of ether oxygens (including phenoxy) is 1. The van der Waals surface area contributed by atoms with E-state index in [0.717, 1.165) is 5.56 Å². The molecular formula is C38H43ClF6N4O7. The number of Topliss-reactive ketones (excluding diaryl/α,β-unsaturated/α-hetero) is 1. The van der Waals surface area contributed by atoms with Gasteiger partial charge in [-0.05, 0) is 58.4 Å². The van der Waals surface area contributed by atoms with E-state index in [1.165, 1.54) is 45.2 Å². The predicted octanol–water partition coefficient (Wildman–Crippen LogP) is 6.04. The zero-order valence-corrected chi connectivity index (χ0v) is 31.7. The molecule has 0 saturated carbocycles. The standard InChI is InChI=1S/C36H42ClF3N4O5.C2HF3O2/c1-20(2)29(24-10-14-26(37)15-11-24)34(47)42-28(18-22-6-8-23(19-41)9-7-22)33(46)44-31(25-12-16-27(49-5)17-13-25)35(48)43-30(21(3)4)32(45)36(38,39)40;3-2(4,5)1(6)7/h6-17,20-21,28-31H,18-19,41H2,1-5H3,(H,42,47)(H,43,48)(H,44,46);(H,6,7)/t28-,29-,30-,31-;/m0./s1. The quantitative estimate of drug-likeness (QED) is 0.115. The second-order valence-corrected chi connectivity index (χ2v) is 13.6. The number of ketones is 1. The van der Waals surface area contributed by atoms with E-state index in [0.29, 0.717) is 28.4 Å². The fraction of sp³-hybridized carbons (Fsp3) is 0.395. The zero-order chi connectivity index (χ0) is 42.5. The Kier molecular flexibility index (Phi) is 17.3. The molecule has 0 aromatic heterocycles. The van der Waals surface area contributed by atoms with Crippen molar-refractivity contribution in [2.45, 2.75) is 77.1 Å². The van der Waals surface area contributed by atoms with E-state index in [9.17, 15) is 45.5 Å². The number of methoxy groups -OCH3 is 1. The Labute approximate surface area is 324 Å². The highest BCUT2D eigenvalue weighted by Gasteiger charge is 2.46. The number of benzene rings is 3. The van der Waals surface area contributed by atoms with Gasteiger partial charge in [-0.1, -0.05) is 87.8 Å². The Morgan fingerprint density at radius 3 is 1.62 bits per heavy atom. The average Bonchev–Trinajstić information content (AvgIpc) is 3.12. The maximum absolute atomic E-state index is 14.1. The Balaban J connectivity index is 0.00000141. The first-order valence-corrected chi connectivity index (χ1v) is 17.4. The lowest BCUT2D eigenvalue weighted by Crippen LogP contribution is -2.55. The van der Waals surface area contributed by atoms with Crippen molar-refractivity contribution in [3.63, 3.8) is 0 Å². The first kappa shape index (κ1) is 47.0. The summed E-state index contributed by atoms with van der Waals surface area (Å²) in [5.74, 6) is -8.53. The number of carbonyl (C=O) groups excluding carboxylic acids is 4. The monoisotopic (exact) mass is 816 g/mol. The van der Waals surface area contributed by atoms with Crippen LogP contribution in [-0.2, 0) is 36.9 Å². The van der Waals surface area contributed by atoms with Crippen LogP contribution in [0.1, 0.15) is 61.9 Å². The van der Waals surface area contributed by atoms with E-state index in [4.69, 9.17) is 32.0 Å². The maximum atomic E-state index is 14.1. The number of halogens is 7. The highest BCUT2D eigenvalue weighted by molar-refractivity contribution is 6.30. The third-order valence-electron chi connectivity index (χ3n) is 8.28. The van der Waals surface area contributed by atoms with Gasteiger partial charge in [0.2, 0.25) is 17.7 Å². The van der Waals surface area contributed by atoms with Crippen molar-refractivity contribution in [1.29, 1.82) is 0 Å². The van der Waals surface area contributed by atoms with Crippen LogP contribution in [0.3, 0.4) is 0 Å². The Bertz CT molecular complexity index is 1790. The van der Waals surface area contributed by atoms with Gasteiger partial charge in [-0.15, -0.1) is 0 Å². The number of amides is 3. The number of alkyl halides is 6. The van der Waals surface area contributed by atoms with Gasteiger partial charge in [0.05, 0.1) is 19.1 Å². The van der Waals surface area contributed by atoms with E-state index < -0.39 is 71.8 Å². The highest BCUT2D eigenvalue weighted by Crippen LogP contribution is 2.27. The molecule has 18 heteroatoms. The molecule has 4 atom stereocenters. The smallest absolute Gasteiger partial charge is 0.490 e. The van der Waals surface area contributed by atoms with E-state index >= 15 is 0 Å². The van der Waals surface area contributed by atoms with Gasteiger partial charge in [0.25, 0.3) is 5.78 Å². The summed E-state index contributed by atoms with van der Waals surface area (Å²) in [7, 11) is 1.43. The molecule has 0 spiro atoms. The minimum Gasteiger partial charge on any atom is -0.497 e. The fourth-order valence-electron chi connectivity index (χ4n) is 5.31. The van der Waals surface area contributed by atoms with Crippen LogP contribution < -0.4 is 26.4 Å². The molecular weight excluding hydrogens is 774 g/mol. The van der Waals surface area contributed by atoms with Gasteiger partial charge in [0.1, 0.15) is 17.8 Å². The van der Waals surface area contributed by atoms with Crippen molar-refractivity contribution in [2.24, 2.45) is 17.6 Å². The van der Waals surface area contributed by atoms with Crippen molar-refractivity contribution in [2.75, 3.05) is 7.11 Å². The summed E-state index contributed by atoms with van der Waals surface area (Å²) in [6.07, 6.45) is -10.3. The molecule has 0 radical (unpaired) electrons. The molecule has 0 unspecified atom stereocenters. The minimum absolute atomic E-state index is 0.00594. The molecule has 56 heavy (non-hydrogen) atoms. The van der Waals surface area contributed by atoms with Crippen LogP contribution in [0.4, 0.5) is 26.3 Å². The highest BCUT2D eigenvalue weighted by atomic mass is 35.5. The topological polar surface area (TPSA) is 177 Å². The first-order valence-electron chi connectivity index (χ1n) is 17.0. The van der Waals surface area contributed by atoms with Crippen LogP contribution in [0.2, 0.25) is 5.02 Å². The molecule has 0 bridgehead atoms. The van der Waals surface area contributed by atoms with E-state index in [2.05, 4.69) is 16.0 Å². The summed E-state index contributed by atoms with van der Waals surface area (Å²) < 4.78 is 77.2. The summed E-state index contributed by atoms with van der Waals surface area (Å²) in [4.78, 5) is 62.7. The van der Waals surface area contributed by atoms with Crippen molar-refractivity contribution in [1.82, 2.24) is 16.0 Å². The molecule has 3 aromatic rings.